The number of imide groups is 1. The minimum atomic E-state index is -0.642. The highest BCUT2D eigenvalue weighted by Gasteiger charge is 2.42. The van der Waals surface area contributed by atoms with E-state index in [4.69, 9.17) is 0 Å². The van der Waals surface area contributed by atoms with Crippen molar-refractivity contribution in [3.05, 3.63) is 71.9 Å². The van der Waals surface area contributed by atoms with Crippen LogP contribution in [0.15, 0.2) is 60.8 Å². The molecule has 5 rings (SSSR count). The van der Waals surface area contributed by atoms with Gasteiger partial charge >= 0.3 is 0 Å². The van der Waals surface area contributed by atoms with Crippen LogP contribution in [0.4, 0.5) is 11.4 Å². The van der Waals surface area contributed by atoms with E-state index in [-0.39, 0.29) is 17.7 Å². The molecule has 0 spiro atoms. The number of nitrogens with one attached hydrogen (secondary N) is 3. The fourth-order valence-electron chi connectivity index (χ4n) is 5.10. The van der Waals surface area contributed by atoms with Crippen LogP contribution < -0.4 is 16.0 Å². The minimum absolute atomic E-state index is 0.0711. The third-order valence-corrected chi connectivity index (χ3v) is 7.11. The summed E-state index contributed by atoms with van der Waals surface area (Å²) in [7, 11) is 0. The van der Waals surface area contributed by atoms with Gasteiger partial charge in [-0.1, -0.05) is 31.2 Å². The molecule has 3 aromatic rings. The van der Waals surface area contributed by atoms with Crippen molar-refractivity contribution in [1.29, 1.82) is 0 Å². The molecule has 1 fully saturated rings. The van der Waals surface area contributed by atoms with Gasteiger partial charge < -0.3 is 10.6 Å². The highest BCUT2D eigenvalue weighted by molar-refractivity contribution is 6.34. The Morgan fingerprint density at radius 3 is 2.66 bits per heavy atom. The number of nitrogens with zero attached hydrogens (tertiary/aromatic N) is 1. The van der Waals surface area contributed by atoms with Gasteiger partial charge in [0, 0.05) is 47.1 Å². The Hall–Kier alpha value is -4.00. The number of benzene rings is 2. The van der Waals surface area contributed by atoms with Gasteiger partial charge in [-0.05, 0) is 61.6 Å². The molecule has 2 aromatic carbocycles. The summed E-state index contributed by atoms with van der Waals surface area (Å²) in [4.78, 5) is 41.1. The van der Waals surface area contributed by atoms with Crippen LogP contribution in [-0.4, -0.2) is 29.3 Å². The zero-order valence-corrected chi connectivity index (χ0v) is 19.7. The molecule has 35 heavy (non-hydrogen) atoms. The predicted octanol–water partition coefficient (Wildman–Crippen LogP) is 4.55. The van der Waals surface area contributed by atoms with E-state index in [0.29, 0.717) is 24.8 Å². The molecule has 3 heterocycles. The molecule has 7 heteroatoms. The molecule has 3 amide bonds. The molecule has 0 aliphatic carbocycles. The molecule has 3 N–H and O–H groups in total. The Kier molecular flexibility index (Phi) is 6.07. The van der Waals surface area contributed by atoms with E-state index in [0.717, 1.165) is 52.8 Å². The van der Waals surface area contributed by atoms with Gasteiger partial charge in [-0.2, -0.15) is 0 Å². The summed E-state index contributed by atoms with van der Waals surface area (Å²) in [6.45, 7) is 2.74. The molecule has 7 nitrogen and oxygen atoms in total. The van der Waals surface area contributed by atoms with Crippen molar-refractivity contribution in [1.82, 2.24) is 10.3 Å². The monoisotopic (exact) mass is 468 g/mol. The number of amides is 3. The van der Waals surface area contributed by atoms with Gasteiger partial charge in [-0.3, -0.25) is 24.7 Å². The summed E-state index contributed by atoms with van der Waals surface area (Å²) in [5, 5.41) is 9.84. The first-order chi connectivity index (χ1) is 17.0. The number of piperidine rings is 1. The maximum atomic E-state index is 12.6. The van der Waals surface area contributed by atoms with E-state index < -0.39 is 5.41 Å². The van der Waals surface area contributed by atoms with Crippen molar-refractivity contribution in [3.8, 4) is 0 Å². The van der Waals surface area contributed by atoms with E-state index in [1.54, 1.807) is 6.20 Å². The Morgan fingerprint density at radius 2 is 1.89 bits per heavy atom. The number of allylic oxidation sites excluding steroid dienone is 1. The second-order valence-electron chi connectivity index (χ2n) is 9.09. The van der Waals surface area contributed by atoms with Crippen molar-refractivity contribution >= 4 is 45.6 Å². The summed E-state index contributed by atoms with van der Waals surface area (Å²) in [6.07, 6.45) is 6.94. The molecule has 0 saturated carbocycles. The normalized spacial score (nSPS) is 20.6. The zero-order valence-electron chi connectivity index (χ0n) is 19.7. The number of aromatic nitrogens is 1. The minimum Gasteiger partial charge on any atom is -0.385 e. The molecule has 1 atom stereocenters. The van der Waals surface area contributed by atoms with Crippen molar-refractivity contribution in [3.63, 3.8) is 0 Å². The third-order valence-electron chi connectivity index (χ3n) is 7.11. The average molecular weight is 469 g/mol. The van der Waals surface area contributed by atoms with E-state index in [1.165, 1.54) is 0 Å². The Morgan fingerprint density at radius 1 is 1.06 bits per heavy atom. The molecule has 1 unspecified atom stereocenters. The van der Waals surface area contributed by atoms with Crippen LogP contribution in [0.25, 0.3) is 16.5 Å². The van der Waals surface area contributed by atoms with Gasteiger partial charge in [0.05, 0.1) is 10.9 Å². The molecule has 2 aliphatic heterocycles. The SMILES string of the molecule is CCC1(c2ccc(NCCC/C=C3\C(=O)Nc4ccc5ncccc5c43)cc2)CCC(=O)NC1=O. The predicted molar refractivity (Wildman–Crippen MR) is 137 cm³/mol. The molecule has 0 bridgehead atoms. The Balaban J connectivity index is 1.21. The second-order valence-corrected chi connectivity index (χ2v) is 9.09. The van der Waals surface area contributed by atoms with Gasteiger partial charge in [0.25, 0.3) is 5.91 Å². The number of carbonyl (C=O) groups is 3. The zero-order chi connectivity index (χ0) is 24.4. The number of anilines is 2. The van der Waals surface area contributed by atoms with E-state index in [9.17, 15) is 14.4 Å². The second kappa shape index (κ2) is 9.33. The largest absolute Gasteiger partial charge is 0.385 e. The van der Waals surface area contributed by atoms with E-state index >= 15 is 0 Å². The summed E-state index contributed by atoms with van der Waals surface area (Å²) in [5.41, 5.74) is 4.62. The summed E-state index contributed by atoms with van der Waals surface area (Å²) >= 11 is 0. The van der Waals surface area contributed by atoms with Gasteiger partial charge in [0.2, 0.25) is 11.8 Å². The summed E-state index contributed by atoms with van der Waals surface area (Å²) in [6, 6.07) is 15.6. The van der Waals surface area contributed by atoms with Crippen molar-refractivity contribution in [2.45, 2.75) is 44.4 Å². The highest BCUT2D eigenvalue weighted by atomic mass is 16.2. The van der Waals surface area contributed by atoms with Crippen LogP contribution in [0.5, 0.6) is 0 Å². The number of hydrogen-bond acceptors (Lipinski definition) is 5. The fourth-order valence-corrected chi connectivity index (χ4v) is 5.10. The van der Waals surface area contributed by atoms with Crippen LogP contribution >= 0.6 is 0 Å². The maximum absolute atomic E-state index is 12.6. The molecule has 1 aromatic heterocycles. The lowest BCUT2D eigenvalue weighted by Crippen LogP contribution is -2.51. The van der Waals surface area contributed by atoms with Gasteiger partial charge in [0.1, 0.15) is 0 Å². The first-order valence-electron chi connectivity index (χ1n) is 12.1. The topological polar surface area (TPSA) is 100 Å². The highest BCUT2D eigenvalue weighted by Crippen LogP contribution is 2.38. The number of fused-ring (bicyclic) bond motifs is 3. The molecular weight excluding hydrogens is 440 g/mol. The lowest BCUT2D eigenvalue weighted by molar-refractivity contribution is -0.138. The summed E-state index contributed by atoms with van der Waals surface area (Å²) in [5.74, 6) is -0.472. The van der Waals surface area contributed by atoms with Crippen molar-refractivity contribution in [2.75, 3.05) is 17.2 Å². The molecular formula is C28H28N4O3. The standard InChI is InChI=1S/C28H28N4O3/c1-2-28(15-14-24(33)32-27(28)35)18-8-10-19(11-9-18)29-16-4-3-6-21-25-20-7-5-17-30-22(20)12-13-23(25)31-26(21)34/h5-13,17,29H,2-4,14-16H2,1H3,(H,31,34)(H,32,33,35)/b21-6-. The van der Waals surface area contributed by atoms with Gasteiger partial charge in [-0.25, -0.2) is 0 Å². The van der Waals surface area contributed by atoms with Crippen LogP contribution in [0, 0.1) is 0 Å². The van der Waals surface area contributed by atoms with Gasteiger partial charge in [0.15, 0.2) is 0 Å². The average Bonchev–Trinajstić information content (AvgIpc) is 3.20. The van der Waals surface area contributed by atoms with Crippen LogP contribution in [-0.2, 0) is 19.8 Å². The van der Waals surface area contributed by atoms with Crippen LogP contribution in [0.3, 0.4) is 0 Å². The van der Waals surface area contributed by atoms with E-state index in [1.807, 2.05) is 61.5 Å². The van der Waals surface area contributed by atoms with Gasteiger partial charge in [-0.15, -0.1) is 0 Å². The number of pyridine rings is 1. The van der Waals surface area contributed by atoms with Crippen LogP contribution in [0.2, 0.25) is 0 Å². The smallest absolute Gasteiger partial charge is 0.256 e. The molecule has 0 radical (unpaired) electrons. The summed E-state index contributed by atoms with van der Waals surface area (Å²) < 4.78 is 0. The Labute approximate surface area is 204 Å². The number of carbonyl (C=O) groups excluding carboxylic acids is 3. The number of rotatable bonds is 7. The number of unbranched alkanes of at least 4 members (excludes halogenated alkanes) is 1. The quantitative estimate of drug-likeness (QED) is 0.268. The fraction of sp³-hybridized carbons (Fsp3) is 0.286. The number of hydrogen-bond donors (Lipinski definition) is 3. The first kappa shape index (κ1) is 22.8. The third kappa shape index (κ3) is 4.18. The molecule has 1 saturated heterocycles. The van der Waals surface area contributed by atoms with E-state index in [2.05, 4.69) is 20.9 Å². The molecule has 178 valence electrons. The van der Waals surface area contributed by atoms with Crippen molar-refractivity contribution < 1.29 is 14.4 Å². The maximum Gasteiger partial charge on any atom is 0.256 e. The molecule has 2 aliphatic rings. The lowest BCUT2D eigenvalue weighted by atomic mass is 9.72. The lowest BCUT2D eigenvalue weighted by Gasteiger charge is -2.35. The first-order valence-corrected chi connectivity index (χ1v) is 12.1. The van der Waals surface area contributed by atoms with Crippen molar-refractivity contribution in [2.24, 2.45) is 0 Å². The Bertz CT molecular complexity index is 1350. The van der Waals surface area contributed by atoms with Crippen LogP contribution in [0.1, 0.15) is 50.2 Å².